The zero-order valence-electron chi connectivity index (χ0n) is 16.4. The second-order valence-corrected chi connectivity index (χ2v) is 7.27. The van der Waals surface area contributed by atoms with E-state index in [1.54, 1.807) is 4.90 Å². The highest BCUT2D eigenvalue weighted by Gasteiger charge is 2.33. The molecule has 2 aromatic carbocycles. The van der Waals surface area contributed by atoms with Crippen LogP contribution in [0.2, 0.25) is 0 Å². The van der Waals surface area contributed by atoms with Gasteiger partial charge in [-0.3, -0.25) is 9.59 Å². The molecule has 30 heavy (non-hydrogen) atoms. The van der Waals surface area contributed by atoms with E-state index >= 15 is 0 Å². The van der Waals surface area contributed by atoms with E-state index in [4.69, 9.17) is 4.84 Å². The highest BCUT2D eigenvalue weighted by atomic mass is 16.7. The molecule has 0 aliphatic carbocycles. The fourth-order valence-corrected chi connectivity index (χ4v) is 3.63. The lowest BCUT2D eigenvalue weighted by Gasteiger charge is -2.27. The first-order chi connectivity index (χ1) is 14.5. The van der Waals surface area contributed by atoms with E-state index in [2.05, 4.69) is 0 Å². The predicted molar refractivity (Wildman–Crippen MR) is 110 cm³/mol. The number of fused-ring (bicyclic) bond motifs is 2. The molecule has 154 valence electrons. The van der Waals surface area contributed by atoms with E-state index in [1.165, 1.54) is 0 Å². The number of anilines is 1. The summed E-state index contributed by atoms with van der Waals surface area (Å²) in [6, 6.07) is 15.5. The van der Waals surface area contributed by atoms with Crippen LogP contribution in [0.1, 0.15) is 42.4 Å². The lowest BCUT2D eigenvalue weighted by molar-refractivity contribution is -0.220. The largest absolute Gasteiger partial charge is 0.370 e. The molecule has 1 N–H and O–H groups in total. The summed E-state index contributed by atoms with van der Waals surface area (Å²) in [6.45, 7) is 0.384. The Bertz CT molecular complexity index is 1020. The van der Waals surface area contributed by atoms with E-state index in [-0.39, 0.29) is 31.6 Å². The van der Waals surface area contributed by atoms with E-state index in [9.17, 15) is 19.5 Å². The Morgan fingerprint density at radius 2 is 1.70 bits per heavy atom. The maximum absolute atomic E-state index is 13.1. The van der Waals surface area contributed by atoms with Gasteiger partial charge in [-0.2, -0.15) is 0 Å². The van der Waals surface area contributed by atoms with E-state index < -0.39 is 18.1 Å². The molecule has 2 amide bonds. The Morgan fingerprint density at radius 1 is 1.00 bits per heavy atom. The summed E-state index contributed by atoms with van der Waals surface area (Å²) in [5.41, 5.74) is 3.72. The van der Waals surface area contributed by atoms with E-state index in [1.807, 2.05) is 60.7 Å². The minimum absolute atomic E-state index is 0.0722. The van der Waals surface area contributed by atoms with Gasteiger partial charge < -0.3 is 14.8 Å². The van der Waals surface area contributed by atoms with E-state index in [0.29, 0.717) is 11.6 Å². The number of carbonyl (C=O) groups excluding carboxylic acids is 3. The van der Waals surface area contributed by atoms with Gasteiger partial charge in [0.15, 0.2) is 6.23 Å². The average Bonchev–Trinajstić information content (AvgIpc) is 3.05. The Morgan fingerprint density at radius 3 is 2.47 bits per heavy atom. The molecule has 1 fully saturated rings. The van der Waals surface area contributed by atoms with Crippen molar-refractivity contribution in [3.05, 3.63) is 65.2 Å². The first kappa shape index (κ1) is 19.8. The van der Waals surface area contributed by atoms with Gasteiger partial charge >= 0.3 is 5.97 Å². The van der Waals surface area contributed by atoms with Crippen LogP contribution in [0.15, 0.2) is 48.5 Å². The molecule has 0 radical (unpaired) electrons. The minimum atomic E-state index is -1.12. The molecule has 4 rings (SSSR count). The third-order valence-corrected chi connectivity index (χ3v) is 5.23. The SMILES string of the molecule is O=C(CCC(=O)N1Cc2ccccc2/C=C\c2ccccc21)ON1C(=O)CCC1O. The maximum Gasteiger partial charge on any atom is 0.333 e. The summed E-state index contributed by atoms with van der Waals surface area (Å²) >= 11 is 0. The molecule has 1 saturated heterocycles. The smallest absolute Gasteiger partial charge is 0.333 e. The standard InChI is InChI=1S/C23H22N2O5/c26-20(13-14-23(29)30-25-21(27)11-12-22(25)28)24-15-18-7-2-1-5-16(18)9-10-17-6-3-4-8-19(17)24/h1-10,21,27H,11-15H2/b10-9-. The molecule has 0 aromatic heterocycles. The summed E-state index contributed by atoms with van der Waals surface area (Å²) in [5.74, 6) is -1.39. The molecule has 1 atom stereocenters. The Hall–Kier alpha value is -3.45. The number of aliphatic hydroxyl groups excluding tert-OH is 1. The quantitative estimate of drug-likeness (QED) is 0.844. The summed E-state index contributed by atoms with van der Waals surface area (Å²) in [4.78, 5) is 43.5. The minimum Gasteiger partial charge on any atom is -0.370 e. The lowest BCUT2D eigenvalue weighted by Crippen LogP contribution is -2.36. The number of hydrogen-bond donors (Lipinski definition) is 1. The molecule has 0 bridgehead atoms. The zero-order valence-corrected chi connectivity index (χ0v) is 16.4. The highest BCUT2D eigenvalue weighted by Crippen LogP contribution is 2.29. The van der Waals surface area contributed by atoms with Crippen molar-refractivity contribution >= 4 is 35.6 Å². The molecule has 0 spiro atoms. The molecule has 1 unspecified atom stereocenters. The van der Waals surface area contributed by atoms with Crippen LogP contribution in [0.25, 0.3) is 12.2 Å². The summed E-state index contributed by atoms with van der Waals surface area (Å²) < 4.78 is 0. The first-order valence-corrected chi connectivity index (χ1v) is 9.89. The fourth-order valence-electron chi connectivity index (χ4n) is 3.63. The zero-order chi connectivity index (χ0) is 21.1. The maximum atomic E-state index is 13.1. The molecular weight excluding hydrogens is 384 g/mol. The van der Waals surface area contributed by atoms with Gasteiger partial charge in [-0.05, 0) is 22.8 Å². The molecule has 7 heteroatoms. The predicted octanol–water partition coefficient (Wildman–Crippen LogP) is 2.88. The van der Waals surface area contributed by atoms with Crippen molar-refractivity contribution in [1.29, 1.82) is 0 Å². The number of nitrogens with zero attached hydrogens (tertiary/aromatic N) is 2. The van der Waals surface area contributed by atoms with Crippen LogP contribution in [0.5, 0.6) is 0 Å². The van der Waals surface area contributed by atoms with Gasteiger partial charge in [0, 0.05) is 19.3 Å². The number of benzene rings is 2. The number of rotatable bonds is 4. The van der Waals surface area contributed by atoms with Gasteiger partial charge in [0.05, 0.1) is 18.7 Å². The van der Waals surface area contributed by atoms with Crippen LogP contribution in [0.3, 0.4) is 0 Å². The van der Waals surface area contributed by atoms with Gasteiger partial charge in [0.25, 0.3) is 5.91 Å². The first-order valence-electron chi connectivity index (χ1n) is 9.89. The number of carbonyl (C=O) groups is 3. The van der Waals surface area contributed by atoms with Crippen LogP contribution in [-0.2, 0) is 25.8 Å². The molecule has 2 aromatic rings. The molecular formula is C23H22N2O5. The van der Waals surface area contributed by atoms with Crippen LogP contribution in [-0.4, -0.2) is 34.2 Å². The highest BCUT2D eigenvalue weighted by molar-refractivity contribution is 5.98. The molecule has 2 heterocycles. The topological polar surface area (TPSA) is 87.2 Å². The molecule has 0 saturated carbocycles. The summed E-state index contributed by atoms with van der Waals surface area (Å²) in [5, 5.41) is 10.4. The second kappa shape index (κ2) is 8.51. The van der Waals surface area contributed by atoms with Crippen LogP contribution >= 0.6 is 0 Å². The normalized spacial score (nSPS) is 18.8. The lowest BCUT2D eigenvalue weighted by atomic mass is 10.0. The van der Waals surface area contributed by atoms with Gasteiger partial charge in [-0.25, -0.2) is 4.79 Å². The third-order valence-electron chi connectivity index (χ3n) is 5.23. The van der Waals surface area contributed by atoms with Gasteiger partial charge in [-0.1, -0.05) is 54.6 Å². The monoisotopic (exact) mass is 406 g/mol. The number of hydrogen-bond acceptors (Lipinski definition) is 5. The van der Waals surface area contributed by atoms with Crippen molar-refractivity contribution < 1.29 is 24.3 Å². The Balaban J connectivity index is 1.49. The van der Waals surface area contributed by atoms with Crippen molar-refractivity contribution in [2.24, 2.45) is 0 Å². The van der Waals surface area contributed by atoms with Gasteiger partial charge in [0.1, 0.15) is 0 Å². The average molecular weight is 406 g/mol. The van der Waals surface area contributed by atoms with Crippen molar-refractivity contribution in [2.45, 2.75) is 38.5 Å². The Labute approximate surface area is 174 Å². The molecule has 7 nitrogen and oxygen atoms in total. The van der Waals surface area contributed by atoms with Crippen LogP contribution in [0.4, 0.5) is 5.69 Å². The molecule has 2 aliphatic rings. The van der Waals surface area contributed by atoms with Crippen molar-refractivity contribution in [3.8, 4) is 0 Å². The van der Waals surface area contributed by atoms with E-state index in [0.717, 1.165) is 22.4 Å². The van der Waals surface area contributed by atoms with Crippen LogP contribution in [0, 0.1) is 0 Å². The third kappa shape index (κ3) is 4.11. The van der Waals surface area contributed by atoms with Crippen molar-refractivity contribution in [3.63, 3.8) is 0 Å². The summed E-state index contributed by atoms with van der Waals surface area (Å²) in [7, 11) is 0. The van der Waals surface area contributed by atoms with Gasteiger partial charge in [-0.15, -0.1) is 5.06 Å². The number of para-hydroxylation sites is 1. The molecule has 2 aliphatic heterocycles. The van der Waals surface area contributed by atoms with Crippen LogP contribution < -0.4 is 4.90 Å². The van der Waals surface area contributed by atoms with Crippen molar-refractivity contribution in [1.82, 2.24) is 5.06 Å². The summed E-state index contributed by atoms with van der Waals surface area (Å²) in [6.07, 6.45) is 2.98. The number of amides is 2. The Kier molecular flexibility index (Phi) is 5.63. The second-order valence-electron chi connectivity index (χ2n) is 7.27. The van der Waals surface area contributed by atoms with Crippen molar-refractivity contribution in [2.75, 3.05) is 4.90 Å². The number of hydroxylamine groups is 2. The van der Waals surface area contributed by atoms with Gasteiger partial charge in [0.2, 0.25) is 5.91 Å². The number of aliphatic hydroxyl groups is 1. The fraction of sp³-hybridized carbons (Fsp3) is 0.261.